The molecule has 1 aromatic carbocycles. The number of nitrogens with one attached hydrogen (secondary N) is 1. The minimum Gasteiger partial charge on any atom is -0.341 e. The average Bonchev–Trinajstić information content (AvgIpc) is 3.21. The number of hydrogen-bond acceptors (Lipinski definition) is 5. The van der Waals surface area contributed by atoms with Crippen molar-refractivity contribution in [2.75, 3.05) is 23.3 Å². The lowest BCUT2D eigenvalue weighted by molar-refractivity contribution is 0.782. The largest absolute Gasteiger partial charge is 0.341 e. The fourth-order valence-corrected chi connectivity index (χ4v) is 3.16. The maximum absolute atomic E-state index is 4.81. The third kappa shape index (κ3) is 2.58. The van der Waals surface area contributed by atoms with E-state index in [1.165, 1.54) is 24.0 Å². The molecule has 0 bridgehead atoms. The van der Waals surface area contributed by atoms with Crippen molar-refractivity contribution >= 4 is 28.5 Å². The van der Waals surface area contributed by atoms with E-state index in [-0.39, 0.29) is 0 Å². The van der Waals surface area contributed by atoms with Crippen LogP contribution in [-0.2, 0) is 7.05 Å². The molecule has 2 aromatic heterocycles. The molecule has 0 aliphatic carbocycles. The standard InChI is InChI=1S/C18H22N6/c1-12-6-7-13(2)15(10-12)20-16-14-11-19-23(3)17(14)22-18(21-16)24-8-4-5-9-24/h6-7,10-11H,4-5,8-9H2,1-3H3,(H,20,21,22). The monoisotopic (exact) mass is 322 g/mol. The minimum atomic E-state index is 0.788. The maximum atomic E-state index is 4.81. The van der Waals surface area contributed by atoms with Crippen LogP contribution in [0.15, 0.2) is 24.4 Å². The first kappa shape index (κ1) is 14.9. The molecule has 1 aliphatic rings. The van der Waals surface area contributed by atoms with E-state index >= 15 is 0 Å². The van der Waals surface area contributed by atoms with Gasteiger partial charge in [-0.25, -0.2) is 0 Å². The number of rotatable bonds is 3. The van der Waals surface area contributed by atoms with E-state index in [4.69, 9.17) is 9.97 Å². The van der Waals surface area contributed by atoms with Crippen molar-refractivity contribution < 1.29 is 0 Å². The Labute approximate surface area is 141 Å². The van der Waals surface area contributed by atoms with Crippen LogP contribution >= 0.6 is 0 Å². The highest BCUT2D eigenvalue weighted by molar-refractivity contribution is 5.89. The Balaban J connectivity index is 1.82. The molecular formula is C18H22N6. The molecule has 1 fully saturated rings. The van der Waals surface area contributed by atoms with Gasteiger partial charge in [0.15, 0.2) is 5.65 Å². The van der Waals surface area contributed by atoms with Crippen LogP contribution < -0.4 is 10.2 Å². The molecule has 0 radical (unpaired) electrons. The van der Waals surface area contributed by atoms with Gasteiger partial charge in [-0.15, -0.1) is 0 Å². The van der Waals surface area contributed by atoms with Crippen molar-refractivity contribution in [1.82, 2.24) is 19.7 Å². The molecule has 6 nitrogen and oxygen atoms in total. The third-order valence-corrected chi connectivity index (χ3v) is 4.62. The van der Waals surface area contributed by atoms with Crippen LogP contribution in [-0.4, -0.2) is 32.8 Å². The van der Waals surface area contributed by atoms with Crippen molar-refractivity contribution in [3.8, 4) is 0 Å². The predicted octanol–water partition coefficient (Wildman–Crippen LogP) is 3.32. The Bertz CT molecular complexity index is 892. The van der Waals surface area contributed by atoms with Gasteiger partial charge in [0.25, 0.3) is 0 Å². The molecule has 1 N–H and O–H groups in total. The number of aryl methyl sites for hydroxylation is 3. The molecule has 4 rings (SSSR count). The number of hydrogen-bond donors (Lipinski definition) is 1. The lowest BCUT2D eigenvalue weighted by Crippen LogP contribution is -2.21. The van der Waals surface area contributed by atoms with Gasteiger partial charge in [0.05, 0.1) is 11.6 Å². The Kier molecular flexibility index (Phi) is 3.59. The first-order chi connectivity index (χ1) is 11.6. The molecule has 3 heterocycles. The lowest BCUT2D eigenvalue weighted by Gasteiger charge is -2.17. The van der Waals surface area contributed by atoms with E-state index < -0.39 is 0 Å². The summed E-state index contributed by atoms with van der Waals surface area (Å²) in [5, 5.41) is 8.81. The second-order valence-corrected chi connectivity index (χ2v) is 6.52. The zero-order chi connectivity index (χ0) is 16.7. The van der Waals surface area contributed by atoms with Crippen LogP contribution in [0.25, 0.3) is 11.0 Å². The van der Waals surface area contributed by atoms with Gasteiger partial charge >= 0.3 is 0 Å². The first-order valence-corrected chi connectivity index (χ1v) is 8.41. The molecule has 24 heavy (non-hydrogen) atoms. The fourth-order valence-electron chi connectivity index (χ4n) is 3.16. The Morgan fingerprint density at radius 3 is 2.67 bits per heavy atom. The normalized spacial score (nSPS) is 14.5. The van der Waals surface area contributed by atoms with Crippen molar-refractivity contribution in [3.05, 3.63) is 35.5 Å². The van der Waals surface area contributed by atoms with E-state index in [1.807, 2.05) is 17.9 Å². The molecule has 0 saturated carbocycles. The summed E-state index contributed by atoms with van der Waals surface area (Å²) in [6, 6.07) is 6.39. The zero-order valence-electron chi connectivity index (χ0n) is 14.4. The summed E-state index contributed by atoms with van der Waals surface area (Å²) in [5.41, 5.74) is 4.35. The number of benzene rings is 1. The lowest BCUT2D eigenvalue weighted by atomic mass is 10.1. The Hall–Kier alpha value is -2.63. The molecule has 0 spiro atoms. The molecule has 6 heteroatoms. The van der Waals surface area contributed by atoms with Gasteiger partial charge in [0.1, 0.15) is 5.82 Å². The van der Waals surface area contributed by atoms with E-state index in [0.29, 0.717) is 0 Å². The Morgan fingerprint density at radius 1 is 1.08 bits per heavy atom. The zero-order valence-corrected chi connectivity index (χ0v) is 14.4. The van der Waals surface area contributed by atoms with E-state index in [0.717, 1.165) is 41.6 Å². The highest BCUT2D eigenvalue weighted by atomic mass is 15.3. The van der Waals surface area contributed by atoms with Crippen molar-refractivity contribution in [2.45, 2.75) is 26.7 Å². The topological polar surface area (TPSA) is 58.9 Å². The molecular weight excluding hydrogens is 300 g/mol. The molecule has 3 aromatic rings. The van der Waals surface area contributed by atoms with Crippen molar-refractivity contribution in [3.63, 3.8) is 0 Å². The summed E-state index contributed by atoms with van der Waals surface area (Å²) < 4.78 is 1.81. The van der Waals surface area contributed by atoms with Gasteiger partial charge in [-0.3, -0.25) is 4.68 Å². The molecule has 1 saturated heterocycles. The van der Waals surface area contributed by atoms with Crippen LogP contribution in [0, 0.1) is 13.8 Å². The Morgan fingerprint density at radius 2 is 1.88 bits per heavy atom. The number of anilines is 3. The van der Waals surface area contributed by atoms with E-state index in [9.17, 15) is 0 Å². The van der Waals surface area contributed by atoms with E-state index in [2.05, 4.69) is 47.4 Å². The van der Waals surface area contributed by atoms with Crippen molar-refractivity contribution in [1.29, 1.82) is 0 Å². The van der Waals surface area contributed by atoms with Crippen LogP contribution in [0.2, 0.25) is 0 Å². The molecule has 0 amide bonds. The summed E-state index contributed by atoms with van der Waals surface area (Å²) in [6.07, 6.45) is 4.23. The predicted molar refractivity (Wildman–Crippen MR) is 96.9 cm³/mol. The highest BCUT2D eigenvalue weighted by Crippen LogP contribution is 2.28. The summed E-state index contributed by atoms with van der Waals surface area (Å²) in [6.45, 7) is 6.24. The van der Waals surface area contributed by atoms with Crippen LogP contribution in [0.4, 0.5) is 17.5 Å². The number of fused-ring (bicyclic) bond motifs is 1. The average molecular weight is 322 g/mol. The van der Waals surface area contributed by atoms with Crippen LogP contribution in [0.5, 0.6) is 0 Å². The highest BCUT2D eigenvalue weighted by Gasteiger charge is 2.19. The van der Waals surface area contributed by atoms with Gasteiger partial charge in [0.2, 0.25) is 5.95 Å². The van der Waals surface area contributed by atoms with Crippen molar-refractivity contribution in [2.24, 2.45) is 7.05 Å². The van der Waals surface area contributed by atoms with Crippen LogP contribution in [0.3, 0.4) is 0 Å². The van der Waals surface area contributed by atoms with Gasteiger partial charge in [0, 0.05) is 25.8 Å². The van der Waals surface area contributed by atoms with Gasteiger partial charge in [-0.05, 0) is 43.9 Å². The van der Waals surface area contributed by atoms with Crippen LogP contribution in [0.1, 0.15) is 24.0 Å². The summed E-state index contributed by atoms with van der Waals surface area (Å²) >= 11 is 0. The number of aromatic nitrogens is 4. The summed E-state index contributed by atoms with van der Waals surface area (Å²) in [7, 11) is 1.92. The van der Waals surface area contributed by atoms with Gasteiger partial charge in [-0.2, -0.15) is 15.1 Å². The maximum Gasteiger partial charge on any atom is 0.229 e. The molecule has 0 atom stereocenters. The molecule has 1 aliphatic heterocycles. The molecule has 124 valence electrons. The minimum absolute atomic E-state index is 0.788. The third-order valence-electron chi connectivity index (χ3n) is 4.62. The SMILES string of the molecule is Cc1ccc(C)c(Nc2nc(N3CCCC3)nc3c2cnn3C)c1. The fraction of sp³-hybridized carbons (Fsp3) is 0.389. The second kappa shape index (κ2) is 5.78. The smallest absolute Gasteiger partial charge is 0.229 e. The van der Waals surface area contributed by atoms with Gasteiger partial charge in [-0.1, -0.05) is 12.1 Å². The summed E-state index contributed by atoms with van der Waals surface area (Å²) in [4.78, 5) is 11.8. The number of nitrogens with zero attached hydrogens (tertiary/aromatic N) is 5. The van der Waals surface area contributed by atoms with E-state index in [1.54, 1.807) is 0 Å². The van der Waals surface area contributed by atoms with Gasteiger partial charge < -0.3 is 10.2 Å². The molecule has 0 unspecified atom stereocenters. The first-order valence-electron chi connectivity index (χ1n) is 8.41. The quantitative estimate of drug-likeness (QED) is 0.801. The summed E-state index contributed by atoms with van der Waals surface area (Å²) in [5.74, 6) is 1.61. The second-order valence-electron chi connectivity index (χ2n) is 6.52.